The quantitative estimate of drug-likeness (QED) is 0.554. The summed E-state index contributed by atoms with van der Waals surface area (Å²) in [5.74, 6) is -2.25. The molecule has 2 saturated heterocycles. The Hall–Kier alpha value is -2.71. The van der Waals surface area contributed by atoms with Crippen LogP contribution in [0.5, 0.6) is 5.75 Å². The van der Waals surface area contributed by atoms with E-state index in [0.717, 1.165) is 10.0 Å². The van der Waals surface area contributed by atoms with Crippen molar-refractivity contribution in [2.75, 3.05) is 5.32 Å². The molecule has 3 heterocycles. The first-order valence-electron chi connectivity index (χ1n) is 10.6. The highest BCUT2D eigenvalue weighted by Crippen LogP contribution is 2.54. The van der Waals surface area contributed by atoms with Crippen LogP contribution < -0.4 is 10.6 Å². The Morgan fingerprint density at radius 1 is 1.06 bits per heavy atom. The summed E-state index contributed by atoms with van der Waals surface area (Å²) >= 11 is 3.48. The summed E-state index contributed by atoms with van der Waals surface area (Å²) in [6, 6.07) is 11.8. The van der Waals surface area contributed by atoms with Gasteiger partial charge in [-0.05, 0) is 63.1 Å². The number of benzene rings is 2. The average molecular weight is 498 g/mol. The van der Waals surface area contributed by atoms with Gasteiger partial charge in [0.15, 0.2) is 0 Å². The van der Waals surface area contributed by atoms with Gasteiger partial charge < -0.3 is 10.4 Å². The van der Waals surface area contributed by atoms with Crippen molar-refractivity contribution in [2.24, 2.45) is 11.8 Å². The van der Waals surface area contributed by atoms with Crippen molar-refractivity contribution in [2.45, 2.75) is 44.3 Å². The number of aromatic hydroxyl groups is 1. The zero-order chi connectivity index (χ0) is 23.0. The van der Waals surface area contributed by atoms with E-state index in [1.807, 2.05) is 32.9 Å². The molecule has 3 N–H and O–H groups in total. The van der Waals surface area contributed by atoms with E-state index in [-0.39, 0.29) is 23.5 Å². The minimum absolute atomic E-state index is 0.155. The predicted molar refractivity (Wildman–Crippen MR) is 122 cm³/mol. The molecule has 5 rings (SSSR count). The number of nitrogens with zero attached hydrogens (tertiary/aromatic N) is 1. The van der Waals surface area contributed by atoms with Gasteiger partial charge in [-0.15, -0.1) is 0 Å². The summed E-state index contributed by atoms with van der Waals surface area (Å²) in [6.07, 6.45) is 0.441. The van der Waals surface area contributed by atoms with Gasteiger partial charge in [0.2, 0.25) is 17.7 Å². The van der Waals surface area contributed by atoms with Crippen molar-refractivity contribution < 1.29 is 19.5 Å². The van der Waals surface area contributed by atoms with Crippen LogP contribution in [0.2, 0.25) is 0 Å². The molecule has 0 radical (unpaired) electrons. The van der Waals surface area contributed by atoms with Gasteiger partial charge in [-0.25, -0.2) is 0 Å². The maximum absolute atomic E-state index is 13.7. The van der Waals surface area contributed by atoms with Gasteiger partial charge in [0.05, 0.1) is 11.8 Å². The first-order chi connectivity index (χ1) is 15.0. The summed E-state index contributed by atoms with van der Waals surface area (Å²) in [4.78, 5) is 42.1. The topological polar surface area (TPSA) is 98.7 Å². The van der Waals surface area contributed by atoms with Crippen LogP contribution in [0.15, 0.2) is 46.9 Å². The second-order valence-electron chi connectivity index (χ2n) is 9.76. The molecule has 166 valence electrons. The van der Waals surface area contributed by atoms with Gasteiger partial charge in [-0.2, -0.15) is 0 Å². The Balaban J connectivity index is 1.66. The van der Waals surface area contributed by atoms with Crippen LogP contribution in [0.25, 0.3) is 0 Å². The highest BCUT2D eigenvalue weighted by molar-refractivity contribution is 9.10. The van der Waals surface area contributed by atoms with E-state index < -0.39 is 29.0 Å². The summed E-state index contributed by atoms with van der Waals surface area (Å²) in [5, 5.41) is 16.0. The Morgan fingerprint density at radius 2 is 1.75 bits per heavy atom. The van der Waals surface area contributed by atoms with E-state index in [9.17, 15) is 19.5 Å². The molecule has 0 aromatic heterocycles. The number of anilines is 1. The van der Waals surface area contributed by atoms with E-state index in [1.165, 1.54) is 4.90 Å². The zero-order valence-corrected chi connectivity index (χ0v) is 19.6. The summed E-state index contributed by atoms with van der Waals surface area (Å²) in [6.45, 7) is 5.49. The third kappa shape index (κ3) is 2.85. The van der Waals surface area contributed by atoms with Gasteiger partial charge in [-0.1, -0.05) is 28.1 Å². The van der Waals surface area contributed by atoms with Crippen LogP contribution >= 0.6 is 15.9 Å². The number of hydrogen-bond donors (Lipinski definition) is 3. The molecule has 0 aliphatic carbocycles. The monoisotopic (exact) mass is 497 g/mol. The minimum Gasteiger partial charge on any atom is -0.508 e. The van der Waals surface area contributed by atoms with Crippen molar-refractivity contribution >= 4 is 39.3 Å². The summed E-state index contributed by atoms with van der Waals surface area (Å²) < 4.78 is 0.789. The normalized spacial score (nSPS) is 28.9. The van der Waals surface area contributed by atoms with E-state index in [0.29, 0.717) is 17.7 Å². The highest BCUT2D eigenvalue weighted by Gasteiger charge is 2.71. The molecule has 4 atom stereocenters. The largest absolute Gasteiger partial charge is 0.508 e. The van der Waals surface area contributed by atoms with Crippen LogP contribution in [-0.4, -0.2) is 39.3 Å². The lowest BCUT2D eigenvalue weighted by atomic mass is 9.76. The fraction of sp³-hybridized carbons (Fsp3) is 0.375. The first kappa shape index (κ1) is 21.2. The SMILES string of the molecule is CC(C)(C)N1C(=O)[C@@H]2[C@H](Cc3ccc(O)cc3)N[C@]3(C(=O)Nc4ccc(Br)cc43)[C@@H]2C1=O. The van der Waals surface area contributed by atoms with Gasteiger partial charge in [-0.3, -0.25) is 24.6 Å². The third-order valence-corrected chi connectivity index (χ3v) is 7.23. The molecule has 2 fully saturated rings. The number of rotatable bonds is 2. The molecule has 2 aromatic rings. The molecule has 0 bridgehead atoms. The van der Waals surface area contributed by atoms with Crippen molar-refractivity contribution in [3.05, 3.63) is 58.1 Å². The fourth-order valence-corrected chi connectivity index (χ4v) is 5.86. The second-order valence-corrected chi connectivity index (χ2v) is 10.7. The number of amides is 3. The molecule has 3 aliphatic heterocycles. The van der Waals surface area contributed by atoms with Crippen molar-refractivity contribution in [3.63, 3.8) is 0 Å². The highest BCUT2D eigenvalue weighted by atomic mass is 79.9. The van der Waals surface area contributed by atoms with Crippen molar-refractivity contribution in [1.29, 1.82) is 0 Å². The Kier molecular flexibility index (Phi) is 4.56. The lowest BCUT2D eigenvalue weighted by molar-refractivity contribution is -0.147. The fourth-order valence-electron chi connectivity index (χ4n) is 5.50. The maximum Gasteiger partial charge on any atom is 0.250 e. The van der Waals surface area contributed by atoms with E-state index in [2.05, 4.69) is 26.6 Å². The number of nitrogens with one attached hydrogen (secondary N) is 2. The number of fused-ring (bicyclic) bond motifs is 4. The minimum atomic E-state index is -1.32. The Bertz CT molecular complexity index is 1160. The van der Waals surface area contributed by atoms with Gasteiger partial charge in [0.25, 0.3) is 0 Å². The number of carbonyl (C=O) groups excluding carboxylic acids is 3. The molecule has 0 saturated carbocycles. The summed E-state index contributed by atoms with van der Waals surface area (Å²) in [7, 11) is 0. The maximum atomic E-state index is 13.7. The lowest BCUT2D eigenvalue weighted by Crippen LogP contribution is -2.56. The van der Waals surface area contributed by atoms with E-state index >= 15 is 0 Å². The van der Waals surface area contributed by atoms with Crippen LogP contribution in [0.1, 0.15) is 31.9 Å². The van der Waals surface area contributed by atoms with Gasteiger partial charge >= 0.3 is 0 Å². The number of hydrogen-bond acceptors (Lipinski definition) is 5. The number of phenols is 1. The number of carbonyl (C=O) groups is 3. The van der Waals surface area contributed by atoms with Crippen molar-refractivity contribution in [3.8, 4) is 5.75 Å². The smallest absolute Gasteiger partial charge is 0.250 e. The molecule has 0 unspecified atom stereocenters. The van der Waals surface area contributed by atoms with E-state index in [1.54, 1.807) is 30.3 Å². The lowest BCUT2D eigenvalue weighted by Gasteiger charge is -2.34. The molecular formula is C24H24BrN3O4. The Labute approximate surface area is 194 Å². The molecular weight excluding hydrogens is 474 g/mol. The van der Waals surface area contributed by atoms with E-state index in [4.69, 9.17) is 0 Å². The molecule has 1 spiro atoms. The predicted octanol–water partition coefficient (Wildman–Crippen LogP) is 2.92. The third-order valence-electron chi connectivity index (χ3n) is 6.74. The molecule has 8 heteroatoms. The first-order valence-corrected chi connectivity index (χ1v) is 11.4. The molecule has 7 nitrogen and oxygen atoms in total. The second kappa shape index (κ2) is 6.89. The molecule has 32 heavy (non-hydrogen) atoms. The van der Waals surface area contributed by atoms with Crippen LogP contribution in [0.3, 0.4) is 0 Å². The molecule has 2 aromatic carbocycles. The van der Waals surface area contributed by atoms with Gasteiger partial charge in [0.1, 0.15) is 11.3 Å². The Morgan fingerprint density at radius 3 is 2.41 bits per heavy atom. The number of imide groups is 1. The van der Waals surface area contributed by atoms with Crippen LogP contribution in [0, 0.1) is 11.8 Å². The summed E-state index contributed by atoms with van der Waals surface area (Å²) in [5.41, 5.74) is 0.204. The van der Waals surface area contributed by atoms with Crippen LogP contribution in [0.4, 0.5) is 5.69 Å². The molecule has 3 aliphatic rings. The average Bonchev–Trinajstić information content (AvgIpc) is 3.28. The molecule has 3 amide bonds. The van der Waals surface area contributed by atoms with Crippen LogP contribution in [-0.2, 0) is 26.3 Å². The van der Waals surface area contributed by atoms with Gasteiger partial charge in [0, 0.05) is 27.3 Å². The number of phenolic OH excluding ortho intramolecular Hbond substituents is 1. The zero-order valence-electron chi connectivity index (χ0n) is 18.0. The van der Waals surface area contributed by atoms with Crippen molar-refractivity contribution in [1.82, 2.24) is 10.2 Å². The number of halogens is 1. The standard InChI is InChI=1S/C24H24BrN3O4/c1-23(2,3)28-20(30)18-17(10-12-4-7-14(29)8-5-12)27-24(19(18)21(28)31)15-11-13(25)6-9-16(15)26-22(24)32/h4-9,11,17-19,27,29H,10H2,1-3H3,(H,26,32)/t17-,18+,19-,24-/m0/s1. The number of likely N-dealkylation sites (tertiary alicyclic amines) is 1.